The highest BCUT2D eigenvalue weighted by molar-refractivity contribution is 6.32. The molecule has 1 aromatic heterocycles. The molecule has 5 nitrogen and oxygen atoms in total. The van der Waals surface area contributed by atoms with E-state index in [0.29, 0.717) is 22.9 Å². The molecule has 0 aliphatic carbocycles. The average molecular weight is 402 g/mol. The Kier molecular flexibility index (Phi) is 10.1. The van der Waals surface area contributed by atoms with Gasteiger partial charge in [0.2, 0.25) is 0 Å². The van der Waals surface area contributed by atoms with Crippen molar-refractivity contribution in [3.63, 3.8) is 0 Å². The topological polar surface area (TPSA) is 63.6 Å². The lowest BCUT2D eigenvalue weighted by molar-refractivity contribution is 0.0955. The van der Waals surface area contributed by atoms with Crippen molar-refractivity contribution in [1.82, 2.24) is 10.4 Å². The van der Waals surface area contributed by atoms with Gasteiger partial charge in [0.25, 0.3) is 5.91 Å². The van der Waals surface area contributed by atoms with Crippen molar-refractivity contribution in [3.05, 3.63) is 58.9 Å². The van der Waals surface area contributed by atoms with Gasteiger partial charge in [0, 0.05) is 18.0 Å². The summed E-state index contributed by atoms with van der Waals surface area (Å²) >= 11 is 6.28. The van der Waals surface area contributed by atoms with E-state index in [1.165, 1.54) is 38.5 Å². The molecule has 150 valence electrons. The van der Waals surface area contributed by atoms with Gasteiger partial charge in [0.15, 0.2) is 0 Å². The minimum absolute atomic E-state index is 0.292. The first-order valence-electron chi connectivity index (χ1n) is 9.86. The molecule has 1 heterocycles. The lowest BCUT2D eigenvalue weighted by Crippen LogP contribution is -2.17. The molecule has 1 amide bonds. The van der Waals surface area contributed by atoms with Crippen LogP contribution in [0.5, 0.6) is 5.75 Å². The van der Waals surface area contributed by atoms with Crippen LogP contribution in [0.2, 0.25) is 5.02 Å². The largest absolute Gasteiger partial charge is 0.492 e. The summed E-state index contributed by atoms with van der Waals surface area (Å²) in [7, 11) is 0. The van der Waals surface area contributed by atoms with Crippen molar-refractivity contribution in [2.24, 2.45) is 5.10 Å². The maximum absolute atomic E-state index is 11.9. The van der Waals surface area contributed by atoms with Gasteiger partial charge in [0.1, 0.15) is 5.75 Å². The Morgan fingerprint density at radius 2 is 1.82 bits per heavy atom. The number of nitrogens with one attached hydrogen (secondary N) is 1. The number of pyridine rings is 1. The van der Waals surface area contributed by atoms with E-state index in [9.17, 15) is 4.79 Å². The highest BCUT2D eigenvalue weighted by Gasteiger charge is 2.04. The van der Waals surface area contributed by atoms with Crippen molar-refractivity contribution in [2.45, 2.75) is 51.9 Å². The summed E-state index contributed by atoms with van der Waals surface area (Å²) < 4.78 is 5.77. The molecule has 28 heavy (non-hydrogen) atoms. The molecular weight excluding hydrogens is 374 g/mol. The van der Waals surface area contributed by atoms with Gasteiger partial charge < -0.3 is 4.74 Å². The summed E-state index contributed by atoms with van der Waals surface area (Å²) in [5.74, 6) is 0.380. The van der Waals surface area contributed by atoms with Crippen molar-refractivity contribution in [3.8, 4) is 5.75 Å². The van der Waals surface area contributed by atoms with E-state index < -0.39 is 0 Å². The van der Waals surface area contributed by atoms with Gasteiger partial charge in [-0.1, -0.05) is 57.0 Å². The van der Waals surface area contributed by atoms with E-state index in [0.717, 1.165) is 12.0 Å². The summed E-state index contributed by atoms with van der Waals surface area (Å²) in [4.78, 5) is 15.8. The number of nitrogens with zero attached hydrogens (tertiary/aromatic N) is 2. The molecule has 0 bridgehead atoms. The number of unbranched alkanes of at least 4 members (excludes halogenated alkanes) is 6. The molecule has 0 fully saturated rings. The van der Waals surface area contributed by atoms with Gasteiger partial charge in [-0.3, -0.25) is 9.78 Å². The van der Waals surface area contributed by atoms with Gasteiger partial charge in [-0.2, -0.15) is 5.10 Å². The summed E-state index contributed by atoms with van der Waals surface area (Å²) in [6, 6.07) is 8.70. The number of hydrogen-bond donors (Lipinski definition) is 1. The van der Waals surface area contributed by atoms with Gasteiger partial charge >= 0.3 is 0 Å². The Morgan fingerprint density at radius 1 is 1.11 bits per heavy atom. The molecule has 0 saturated carbocycles. The number of amides is 1. The van der Waals surface area contributed by atoms with E-state index >= 15 is 0 Å². The number of rotatable bonds is 12. The molecule has 2 rings (SSSR count). The monoisotopic (exact) mass is 401 g/mol. The highest BCUT2D eigenvalue weighted by Crippen LogP contribution is 2.25. The lowest BCUT2D eigenvalue weighted by Gasteiger charge is -2.08. The first kappa shape index (κ1) is 21.9. The second-order valence-electron chi connectivity index (χ2n) is 6.59. The maximum Gasteiger partial charge on any atom is 0.271 e. The third-order valence-corrected chi connectivity index (χ3v) is 4.58. The number of halogens is 1. The smallest absolute Gasteiger partial charge is 0.271 e. The van der Waals surface area contributed by atoms with Crippen LogP contribution in [-0.2, 0) is 0 Å². The zero-order chi connectivity index (χ0) is 20.0. The van der Waals surface area contributed by atoms with Crippen molar-refractivity contribution < 1.29 is 9.53 Å². The number of aromatic nitrogens is 1. The number of hydrogen-bond acceptors (Lipinski definition) is 4. The molecule has 6 heteroatoms. The molecule has 1 N–H and O–H groups in total. The van der Waals surface area contributed by atoms with Crippen LogP contribution in [0.3, 0.4) is 0 Å². The first-order valence-corrected chi connectivity index (χ1v) is 10.2. The second kappa shape index (κ2) is 12.9. The minimum Gasteiger partial charge on any atom is -0.492 e. The summed E-state index contributed by atoms with van der Waals surface area (Å²) in [5.41, 5.74) is 3.76. The van der Waals surface area contributed by atoms with Gasteiger partial charge in [-0.05, 0) is 42.3 Å². The van der Waals surface area contributed by atoms with E-state index in [1.54, 1.807) is 36.8 Å². The molecule has 0 aliphatic heterocycles. The SMILES string of the molecule is CCCCCCCCCOc1ccc(/C=N\NC(=O)c2ccncc2)cc1Cl. The van der Waals surface area contributed by atoms with Crippen LogP contribution in [0.1, 0.15) is 67.8 Å². The predicted molar refractivity (Wildman–Crippen MR) is 114 cm³/mol. The molecule has 0 radical (unpaired) electrons. The Balaban J connectivity index is 1.72. The van der Waals surface area contributed by atoms with Crippen LogP contribution in [0.4, 0.5) is 0 Å². The summed E-state index contributed by atoms with van der Waals surface area (Å²) in [5, 5.41) is 4.50. The van der Waals surface area contributed by atoms with Crippen LogP contribution in [0.15, 0.2) is 47.8 Å². The molecule has 0 saturated heterocycles. The Labute approximate surface area is 172 Å². The summed E-state index contributed by atoms with van der Waals surface area (Å²) in [6.45, 7) is 2.90. The molecular formula is C22H28ClN3O2. The maximum atomic E-state index is 11.9. The van der Waals surface area contributed by atoms with Crippen LogP contribution in [0, 0.1) is 0 Å². The van der Waals surface area contributed by atoms with Crippen molar-refractivity contribution in [2.75, 3.05) is 6.61 Å². The molecule has 0 atom stereocenters. The van der Waals surface area contributed by atoms with E-state index in [1.807, 2.05) is 12.1 Å². The number of benzene rings is 1. The van der Waals surface area contributed by atoms with E-state index in [4.69, 9.17) is 16.3 Å². The Bertz CT molecular complexity index is 751. The zero-order valence-corrected chi connectivity index (χ0v) is 17.1. The fourth-order valence-electron chi connectivity index (χ4n) is 2.69. The van der Waals surface area contributed by atoms with Crippen LogP contribution < -0.4 is 10.2 Å². The van der Waals surface area contributed by atoms with Crippen LogP contribution in [0.25, 0.3) is 0 Å². The Hall–Kier alpha value is -2.40. The van der Waals surface area contributed by atoms with E-state index in [-0.39, 0.29) is 5.91 Å². The number of carbonyl (C=O) groups excluding carboxylic acids is 1. The quantitative estimate of drug-likeness (QED) is 0.285. The van der Waals surface area contributed by atoms with Crippen molar-refractivity contribution in [1.29, 1.82) is 0 Å². The fourth-order valence-corrected chi connectivity index (χ4v) is 2.93. The molecule has 2 aromatic rings. The van der Waals surface area contributed by atoms with Gasteiger partial charge in [-0.15, -0.1) is 0 Å². The van der Waals surface area contributed by atoms with Gasteiger partial charge in [0.05, 0.1) is 17.8 Å². The van der Waals surface area contributed by atoms with Crippen molar-refractivity contribution >= 4 is 23.7 Å². The molecule has 0 spiro atoms. The number of hydrazone groups is 1. The third kappa shape index (κ3) is 8.09. The number of ether oxygens (including phenoxy) is 1. The number of carbonyl (C=O) groups is 1. The minimum atomic E-state index is -0.292. The standard InChI is InChI=1S/C22H28ClN3O2/c1-2-3-4-5-6-7-8-15-28-21-10-9-18(16-20(21)23)17-25-26-22(27)19-11-13-24-14-12-19/h9-14,16-17H,2-8,15H2,1H3,(H,26,27)/b25-17-. The molecule has 0 aliphatic rings. The second-order valence-corrected chi connectivity index (χ2v) is 7.00. The van der Waals surface area contributed by atoms with Crippen LogP contribution >= 0.6 is 11.6 Å². The predicted octanol–water partition coefficient (Wildman–Crippen LogP) is 5.63. The lowest BCUT2D eigenvalue weighted by atomic mass is 10.1. The zero-order valence-electron chi connectivity index (χ0n) is 16.4. The summed E-state index contributed by atoms with van der Waals surface area (Å²) in [6.07, 6.45) is 13.4. The normalized spacial score (nSPS) is 10.9. The Morgan fingerprint density at radius 3 is 2.54 bits per heavy atom. The highest BCUT2D eigenvalue weighted by atomic mass is 35.5. The molecule has 1 aromatic carbocycles. The molecule has 0 unspecified atom stereocenters. The average Bonchev–Trinajstić information content (AvgIpc) is 2.72. The van der Waals surface area contributed by atoms with Crippen LogP contribution in [-0.4, -0.2) is 23.7 Å². The van der Waals surface area contributed by atoms with E-state index in [2.05, 4.69) is 22.4 Å². The fraction of sp³-hybridized carbons (Fsp3) is 0.409. The third-order valence-electron chi connectivity index (χ3n) is 4.28. The first-order chi connectivity index (χ1) is 13.7. The van der Waals surface area contributed by atoms with Gasteiger partial charge in [-0.25, -0.2) is 5.43 Å².